The normalized spacial score (nSPS) is 19.1. The molecule has 0 unspecified atom stereocenters. The van der Waals surface area contributed by atoms with Gasteiger partial charge in [0.2, 0.25) is 10.0 Å². The summed E-state index contributed by atoms with van der Waals surface area (Å²) in [6.07, 6.45) is 0.0696. The summed E-state index contributed by atoms with van der Waals surface area (Å²) in [6.45, 7) is 1.69. The fraction of sp³-hybridized carbons (Fsp3) is 0.364. The second kappa shape index (κ2) is 5.22. The standard InChI is InChI=1S/C11H12F2N2O3S/c1-7-4-9(18-15-7)6-14-19(16,17)11-5-8(12)2-3-10(11)13/h2-3,5,9,14H,4,6H2,1H3/t9-/m0/s1. The number of nitrogens with one attached hydrogen (secondary N) is 1. The SMILES string of the molecule is CC1=NO[C@H](CNS(=O)(=O)c2cc(F)ccc2F)C1. The molecule has 0 amide bonds. The van der Waals surface area contributed by atoms with Gasteiger partial charge in [0.25, 0.3) is 0 Å². The van der Waals surface area contributed by atoms with Crippen LogP contribution in [0.3, 0.4) is 0 Å². The summed E-state index contributed by atoms with van der Waals surface area (Å²) in [4.78, 5) is 4.22. The van der Waals surface area contributed by atoms with E-state index in [0.29, 0.717) is 12.5 Å². The van der Waals surface area contributed by atoms with E-state index in [-0.39, 0.29) is 6.54 Å². The Morgan fingerprint density at radius 1 is 1.47 bits per heavy atom. The van der Waals surface area contributed by atoms with Crippen molar-refractivity contribution < 1.29 is 22.0 Å². The van der Waals surface area contributed by atoms with Crippen LogP contribution in [0.2, 0.25) is 0 Å². The second-order valence-electron chi connectivity index (χ2n) is 4.18. The molecular formula is C11H12F2N2O3S. The first-order valence-electron chi connectivity index (χ1n) is 5.52. The number of halogens is 2. The molecule has 1 N–H and O–H groups in total. The van der Waals surface area contributed by atoms with E-state index in [4.69, 9.17) is 4.84 Å². The Balaban J connectivity index is 2.08. The maximum atomic E-state index is 13.4. The Labute approximate surface area is 109 Å². The van der Waals surface area contributed by atoms with Gasteiger partial charge in [-0.05, 0) is 25.1 Å². The van der Waals surface area contributed by atoms with Crippen LogP contribution in [-0.4, -0.2) is 26.8 Å². The molecule has 1 atom stereocenters. The Kier molecular flexibility index (Phi) is 3.81. The van der Waals surface area contributed by atoms with Gasteiger partial charge in [-0.15, -0.1) is 0 Å². The molecular weight excluding hydrogens is 278 g/mol. The van der Waals surface area contributed by atoms with Gasteiger partial charge in [-0.1, -0.05) is 5.16 Å². The van der Waals surface area contributed by atoms with Crippen LogP contribution in [0.15, 0.2) is 28.3 Å². The molecule has 0 fully saturated rings. The van der Waals surface area contributed by atoms with Crippen LogP contribution in [0.4, 0.5) is 8.78 Å². The fourth-order valence-corrected chi connectivity index (χ4v) is 2.79. The number of benzene rings is 1. The average Bonchev–Trinajstić information content (AvgIpc) is 2.76. The molecule has 1 aromatic carbocycles. The van der Waals surface area contributed by atoms with Crippen molar-refractivity contribution in [1.82, 2.24) is 4.72 Å². The average molecular weight is 290 g/mol. The van der Waals surface area contributed by atoms with Crippen molar-refractivity contribution in [2.75, 3.05) is 6.54 Å². The van der Waals surface area contributed by atoms with Crippen LogP contribution in [0.5, 0.6) is 0 Å². The number of hydrogen-bond donors (Lipinski definition) is 1. The molecule has 0 aromatic heterocycles. The third kappa shape index (κ3) is 3.27. The summed E-state index contributed by atoms with van der Waals surface area (Å²) in [5, 5.41) is 3.67. The zero-order chi connectivity index (χ0) is 14.0. The quantitative estimate of drug-likeness (QED) is 0.911. The lowest BCUT2D eigenvalue weighted by Crippen LogP contribution is -2.32. The topological polar surface area (TPSA) is 67.8 Å². The van der Waals surface area contributed by atoms with Crippen molar-refractivity contribution in [2.45, 2.75) is 24.3 Å². The van der Waals surface area contributed by atoms with Crippen molar-refractivity contribution in [3.8, 4) is 0 Å². The molecule has 8 heteroatoms. The van der Waals surface area contributed by atoms with Gasteiger partial charge in [-0.25, -0.2) is 21.9 Å². The second-order valence-corrected chi connectivity index (χ2v) is 5.92. The van der Waals surface area contributed by atoms with E-state index in [1.165, 1.54) is 0 Å². The highest BCUT2D eigenvalue weighted by Gasteiger charge is 2.24. The van der Waals surface area contributed by atoms with Gasteiger partial charge in [0.05, 0.1) is 12.3 Å². The van der Waals surface area contributed by atoms with Crippen molar-refractivity contribution in [3.63, 3.8) is 0 Å². The Hall–Kier alpha value is -1.54. The lowest BCUT2D eigenvalue weighted by atomic mass is 10.2. The van der Waals surface area contributed by atoms with E-state index in [9.17, 15) is 17.2 Å². The lowest BCUT2D eigenvalue weighted by molar-refractivity contribution is 0.0891. The van der Waals surface area contributed by atoms with Gasteiger partial charge in [0.15, 0.2) is 0 Å². The molecule has 104 valence electrons. The first kappa shape index (κ1) is 13.9. The van der Waals surface area contributed by atoms with Crippen molar-refractivity contribution in [2.24, 2.45) is 5.16 Å². The van der Waals surface area contributed by atoms with Crippen LogP contribution < -0.4 is 4.72 Å². The Morgan fingerprint density at radius 3 is 2.84 bits per heavy atom. The zero-order valence-electron chi connectivity index (χ0n) is 10.1. The van der Waals surface area contributed by atoms with Crippen molar-refractivity contribution in [1.29, 1.82) is 0 Å². The third-order valence-electron chi connectivity index (χ3n) is 2.56. The minimum Gasteiger partial charge on any atom is -0.391 e. The first-order chi connectivity index (χ1) is 8.88. The summed E-state index contributed by atoms with van der Waals surface area (Å²) in [5.41, 5.74) is 0.751. The summed E-state index contributed by atoms with van der Waals surface area (Å²) in [7, 11) is -4.11. The molecule has 1 aliphatic heterocycles. The molecule has 19 heavy (non-hydrogen) atoms. The summed E-state index contributed by atoms with van der Waals surface area (Å²) in [6, 6.07) is 2.25. The highest BCUT2D eigenvalue weighted by atomic mass is 32.2. The summed E-state index contributed by atoms with van der Waals surface area (Å²) >= 11 is 0. The predicted octanol–water partition coefficient (Wildman–Crippen LogP) is 1.41. The molecule has 0 saturated heterocycles. The maximum absolute atomic E-state index is 13.4. The number of hydrogen-bond acceptors (Lipinski definition) is 4. The largest absolute Gasteiger partial charge is 0.391 e. The molecule has 1 heterocycles. The van der Waals surface area contributed by atoms with Gasteiger partial charge in [-0.3, -0.25) is 0 Å². The van der Waals surface area contributed by atoms with Gasteiger partial charge in [-0.2, -0.15) is 0 Å². The van der Waals surface area contributed by atoms with Crippen LogP contribution in [0, 0.1) is 11.6 Å². The first-order valence-corrected chi connectivity index (χ1v) is 7.01. The Bertz CT molecular complexity index is 616. The van der Waals surface area contributed by atoms with Gasteiger partial charge in [0, 0.05) is 6.42 Å². The zero-order valence-corrected chi connectivity index (χ0v) is 10.9. The van der Waals surface area contributed by atoms with Crippen LogP contribution in [0.1, 0.15) is 13.3 Å². The monoisotopic (exact) mass is 290 g/mol. The van der Waals surface area contributed by atoms with Crippen molar-refractivity contribution >= 4 is 15.7 Å². The maximum Gasteiger partial charge on any atom is 0.243 e. The molecule has 2 rings (SSSR count). The molecule has 0 radical (unpaired) electrons. The van der Waals surface area contributed by atoms with Crippen LogP contribution >= 0.6 is 0 Å². The smallest absolute Gasteiger partial charge is 0.243 e. The Morgan fingerprint density at radius 2 is 2.21 bits per heavy atom. The molecule has 1 aromatic rings. The van der Waals surface area contributed by atoms with E-state index in [0.717, 1.165) is 17.8 Å². The highest BCUT2D eigenvalue weighted by Crippen LogP contribution is 2.16. The minimum atomic E-state index is -4.11. The van der Waals surface area contributed by atoms with E-state index >= 15 is 0 Å². The molecule has 0 bridgehead atoms. The fourth-order valence-electron chi connectivity index (χ4n) is 1.64. The minimum absolute atomic E-state index is 0.0564. The summed E-state index contributed by atoms with van der Waals surface area (Å²) in [5.74, 6) is -1.83. The summed E-state index contributed by atoms with van der Waals surface area (Å²) < 4.78 is 52.2. The van der Waals surface area contributed by atoms with Gasteiger partial charge in [0.1, 0.15) is 22.6 Å². The van der Waals surface area contributed by atoms with Gasteiger partial charge < -0.3 is 4.84 Å². The van der Waals surface area contributed by atoms with Gasteiger partial charge >= 0.3 is 0 Å². The third-order valence-corrected chi connectivity index (χ3v) is 4.00. The van der Waals surface area contributed by atoms with Crippen LogP contribution in [-0.2, 0) is 14.9 Å². The number of rotatable bonds is 4. The molecule has 0 spiro atoms. The molecule has 5 nitrogen and oxygen atoms in total. The number of nitrogens with zero attached hydrogens (tertiary/aromatic N) is 1. The molecule has 0 aliphatic carbocycles. The highest BCUT2D eigenvalue weighted by molar-refractivity contribution is 7.89. The van der Waals surface area contributed by atoms with Crippen molar-refractivity contribution in [3.05, 3.63) is 29.8 Å². The van der Waals surface area contributed by atoms with E-state index < -0.39 is 32.7 Å². The number of sulfonamides is 1. The van der Waals surface area contributed by atoms with Crippen LogP contribution in [0.25, 0.3) is 0 Å². The lowest BCUT2D eigenvalue weighted by Gasteiger charge is -2.11. The predicted molar refractivity (Wildman–Crippen MR) is 64.1 cm³/mol. The molecule has 0 saturated carbocycles. The molecule has 1 aliphatic rings. The van der Waals surface area contributed by atoms with E-state index in [1.54, 1.807) is 6.92 Å². The van der Waals surface area contributed by atoms with E-state index in [2.05, 4.69) is 9.88 Å². The number of oxime groups is 1. The van der Waals surface area contributed by atoms with E-state index in [1.807, 2.05) is 0 Å².